The van der Waals surface area contributed by atoms with Crippen molar-refractivity contribution in [1.29, 1.82) is 0 Å². The second-order valence-corrected chi connectivity index (χ2v) is 4.43. The van der Waals surface area contributed by atoms with E-state index in [0.717, 1.165) is 16.8 Å². The molecule has 0 bridgehead atoms. The van der Waals surface area contributed by atoms with Gasteiger partial charge in [0.1, 0.15) is 11.6 Å². The molecule has 1 aromatic heterocycles. The minimum absolute atomic E-state index is 0.184. The quantitative estimate of drug-likeness (QED) is 0.693. The van der Waals surface area contributed by atoms with Gasteiger partial charge >= 0.3 is 0 Å². The number of hydrogen-bond donors (Lipinski definition) is 0. The molecule has 0 saturated carbocycles. The van der Waals surface area contributed by atoms with Gasteiger partial charge in [0, 0.05) is 17.1 Å². The molecule has 1 heterocycles. The Bertz CT molecular complexity index is 718. The van der Waals surface area contributed by atoms with Gasteiger partial charge in [0.05, 0.1) is 19.2 Å². The Hall–Kier alpha value is -2.29. The molecule has 0 saturated heterocycles. The largest absolute Gasteiger partial charge is 0.496 e. The van der Waals surface area contributed by atoms with Gasteiger partial charge in [0.25, 0.3) is 0 Å². The van der Waals surface area contributed by atoms with E-state index in [9.17, 15) is 4.39 Å². The third-order valence-corrected chi connectivity index (χ3v) is 3.29. The zero-order valence-corrected chi connectivity index (χ0v) is 10.6. The second-order valence-electron chi connectivity index (χ2n) is 4.43. The van der Waals surface area contributed by atoms with Gasteiger partial charge in [-0.1, -0.05) is 24.3 Å². The predicted octanol–water partition coefficient (Wildman–Crippen LogP) is 3.84. The first kappa shape index (κ1) is 11.8. The monoisotopic (exact) mass is 255 g/mol. The van der Waals surface area contributed by atoms with Crippen LogP contribution in [0.3, 0.4) is 0 Å². The van der Waals surface area contributed by atoms with Crippen molar-refractivity contribution in [2.24, 2.45) is 0 Å². The van der Waals surface area contributed by atoms with E-state index in [-0.39, 0.29) is 5.82 Å². The summed E-state index contributed by atoms with van der Waals surface area (Å²) < 4.78 is 21.0. The molecule has 0 N–H and O–H groups in total. The molecule has 3 aromatic rings. The Kier molecular flexibility index (Phi) is 2.95. The average Bonchev–Trinajstić information content (AvgIpc) is 2.84. The van der Waals surface area contributed by atoms with Crippen LogP contribution in [0.15, 0.2) is 54.7 Å². The Morgan fingerprint density at radius 3 is 2.74 bits per heavy atom. The van der Waals surface area contributed by atoms with E-state index in [4.69, 9.17) is 4.74 Å². The molecule has 0 aliphatic rings. The zero-order chi connectivity index (χ0) is 13.2. The van der Waals surface area contributed by atoms with E-state index in [2.05, 4.69) is 0 Å². The number of rotatable bonds is 3. The number of nitrogens with zero attached hydrogens (tertiary/aromatic N) is 1. The Balaban J connectivity index is 2.04. The SMILES string of the molecule is COc1ccccc1Cn1ccc2c(F)cccc21. The van der Waals surface area contributed by atoms with Crippen molar-refractivity contribution < 1.29 is 9.13 Å². The fourth-order valence-corrected chi connectivity index (χ4v) is 2.34. The Morgan fingerprint density at radius 2 is 1.89 bits per heavy atom. The van der Waals surface area contributed by atoms with Gasteiger partial charge < -0.3 is 9.30 Å². The molecule has 2 aromatic carbocycles. The van der Waals surface area contributed by atoms with Gasteiger partial charge in [-0.25, -0.2) is 4.39 Å². The first-order valence-electron chi connectivity index (χ1n) is 6.15. The molecule has 96 valence electrons. The van der Waals surface area contributed by atoms with E-state index >= 15 is 0 Å². The Morgan fingerprint density at radius 1 is 1.05 bits per heavy atom. The van der Waals surface area contributed by atoms with Crippen LogP contribution in [0, 0.1) is 5.82 Å². The maximum Gasteiger partial charge on any atom is 0.132 e. The molecule has 0 aliphatic heterocycles. The van der Waals surface area contributed by atoms with Crippen LogP contribution in [0.4, 0.5) is 4.39 Å². The smallest absolute Gasteiger partial charge is 0.132 e. The van der Waals surface area contributed by atoms with Crippen LogP contribution in [-0.4, -0.2) is 11.7 Å². The van der Waals surface area contributed by atoms with Gasteiger partial charge in [0.15, 0.2) is 0 Å². The molecule has 0 fully saturated rings. The van der Waals surface area contributed by atoms with E-state index in [1.54, 1.807) is 19.2 Å². The van der Waals surface area contributed by atoms with Crippen molar-refractivity contribution in [2.45, 2.75) is 6.54 Å². The summed E-state index contributed by atoms with van der Waals surface area (Å²) >= 11 is 0. The summed E-state index contributed by atoms with van der Waals surface area (Å²) in [5, 5.41) is 0.650. The first-order valence-corrected chi connectivity index (χ1v) is 6.15. The lowest BCUT2D eigenvalue weighted by Gasteiger charge is -2.10. The lowest BCUT2D eigenvalue weighted by Crippen LogP contribution is -2.00. The standard InChI is InChI=1S/C16H14FNO/c1-19-16-8-3-2-5-12(16)11-18-10-9-13-14(17)6-4-7-15(13)18/h2-10H,11H2,1H3. The van der Waals surface area contributed by atoms with Crippen LogP contribution in [0.25, 0.3) is 10.9 Å². The fourth-order valence-electron chi connectivity index (χ4n) is 2.34. The molecular weight excluding hydrogens is 241 g/mol. The number of benzene rings is 2. The van der Waals surface area contributed by atoms with Crippen molar-refractivity contribution in [3.8, 4) is 5.75 Å². The van der Waals surface area contributed by atoms with Crippen LogP contribution in [0.2, 0.25) is 0 Å². The lowest BCUT2D eigenvalue weighted by atomic mass is 10.2. The Labute approximate surface area is 111 Å². The fraction of sp³-hybridized carbons (Fsp3) is 0.125. The average molecular weight is 255 g/mol. The molecule has 19 heavy (non-hydrogen) atoms. The summed E-state index contributed by atoms with van der Waals surface area (Å²) in [5.41, 5.74) is 1.97. The van der Waals surface area contributed by atoms with Crippen LogP contribution in [0.1, 0.15) is 5.56 Å². The summed E-state index contributed by atoms with van der Waals surface area (Å²) in [6, 6.07) is 14.8. The lowest BCUT2D eigenvalue weighted by molar-refractivity contribution is 0.408. The summed E-state index contributed by atoms with van der Waals surface area (Å²) in [6.07, 6.45) is 1.90. The van der Waals surface area contributed by atoms with Crippen LogP contribution >= 0.6 is 0 Å². The summed E-state index contributed by atoms with van der Waals surface area (Å²) in [4.78, 5) is 0. The summed E-state index contributed by atoms with van der Waals surface area (Å²) in [6.45, 7) is 0.664. The highest BCUT2D eigenvalue weighted by atomic mass is 19.1. The first-order chi connectivity index (χ1) is 9.29. The molecule has 3 heteroatoms. The normalized spacial score (nSPS) is 10.8. The molecule has 0 radical (unpaired) electrons. The molecule has 0 unspecified atom stereocenters. The molecule has 0 spiro atoms. The van der Waals surface area contributed by atoms with Crippen molar-refractivity contribution in [1.82, 2.24) is 4.57 Å². The number of hydrogen-bond acceptors (Lipinski definition) is 1. The molecular formula is C16H14FNO. The van der Waals surface area contributed by atoms with Crippen LogP contribution in [0.5, 0.6) is 5.75 Å². The third kappa shape index (κ3) is 2.08. The molecule has 2 nitrogen and oxygen atoms in total. The number of para-hydroxylation sites is 1. The van der Waals surface area contributed by atoms with Gasteiger partial charge in [0.2, 0.25) is 0 Å². The number of halogens is 1. The van der Waals surface area contributed by atoms with Gasteiger partial charge in [-0.05, 0) is 24.3 Å². The van der Waals surface area contributed by atoms with Crippen LogP contribution < -0.4 is 4.74 Å². The number of aromatic nitrogens is 1. The number of methoxy groups -OCH3 is 1. The van der Waals surface area contributed by atoms with E-state index in [1.165, 1.54) is 6.07 Å². The predicted molar refractivity (Wildman–Crippen MR) is 74.0 cm³/mol. The highest BCUT2D eigenvalue weighted by Gasteiger charge is 2.07. The highest BCUT2D eigenvalue weighted by Crippen LogP contribution is 2.23. The molecule has 0 atom stereocenters. The summed E-state index contributed by atoms with van der Waals surface area (Å²) in [5.74, 6) is 0.664. The summed E-state index contributed by atoms with van der Waals surface area (Å²) in [7, 11) is 1.66. The maximum absolute atomic E-state index is 13.6. The second kappa shape index (κ2) is 4.76. The van der Waals surface area contributed by atoms with E-state index in [0.29, 0.717) is 11.9 Å². The van der Waals surface area contributed by atoms with Crippen molar-refractivity contribution in [3.05, 3.63) is 66.1 Å². The van der Waals surface area contributed by atoms with Gasteiger partial charge in [-0.15, -0.1) is 0 Å². The van der Waals surface area contributed by atoms with E-state index < -0.39 is 0 Å². The van der Waals surface area contributed by atoms with E-state index in [1.807, 2.05) is 41.1 Å². The molecule has 0 aliphatic carbocycles. The number of fused-ring (bicyclic) bond motifs is 1. The molecule has 0 amide bonds. The van der Waals surface area contributed by atoms with Gasteiger partial charge in [-0.2, -0.15) is 0 Å². The molecule has 3 rings (SSSR count). The minimum Gasteiger partial charge on any atom is -0.496 e. The van der Waals surface area contributed by atoms with Crippen molar-refractivity contribution in [2.75, 3.05) is 7.11 Å². The minimum atomic E-state index is -0.184. The third-order valence-electron chi connectivity index (χ3n) is 3.29. The van der Waals surface area contributed by atoms with Crippen LogP contribution in [-0.2, 0) is 6.54 Å². The zero-order valence-electron chi connectivity index (χ0n) is 10.6. The van der Waals surface area contributed by atoms with Crippen molar-refractivity contribution in [3.63, 3.8) is 0 Å². The topological polar surface area (TPSA) is 14.2 Å². The highest BCUT2D eigenvalue weighted by molar-refractivity contribution is 5.80. The van der Waals surface area contributed by atoms with Crippen molar-refractivity contribution >= 4 is 10.9 Å². The maximum atomic E-state index is 13.6. The van der Waals surface area contributed by atoms with Gasteiger partial charge in [-0.3, -0.25) is 0 Å². The number of ether oxygens (including phenoxy) is 1.